The summed E-state index contributed by atoms with van der Waals surface area (Å²) < 4.78 is 25.9. The van der Waals surface area contributed by atoms with Crippen LogP contribution in [0.2, 0.25) is 10.0 Å². The second-order valence-corrected chi connectivity index (χ2v) is 8.56. The second-order valence-electron chi connectivity index (χ2n) is 5.89. The highest BCUT2D eigenvalue weighted by molar-refractivity contribution is 7.92. The summed E-state index contributed by atoms with van der Waals surface area (Å²) in [4.78, 5) is 12.8. The molecule has 0 fully saturated rings. The van der Waals surface area contributed by atoms with E-state index in [0.29, 0.717) is 21.4 Å². The van der Waals surface area contributed by atoms with Gasteiger partial charge in [0.1, 0.15) is 6.04 Å². The van der Waals surface area contributed by atoms with Crippen LogP contribution in [0.1, 0.15) is 18.9 Å². The fourth-order valence-electron chi connectivity index (χ4n) is 2.56. The molecule has 8 heteroatoms. The minimum atomic E-state index is -3.73. The first-order valence-electron chi connectivity index (χ1n) is 7.96. The summed E-state index contributed by atoms with van der Waals surface area (Å²) in [7, 11) is -3.73. The van der Waals surface area contributed by atoms with Crippen molar-refractivity contribution in [3.8, 4) is 0 Å². The molecule has 0 saturated heterocycles. The summed E-state index contributed by atoms with van der Waals surface area (Å²) in [5.74, 6) is -0.470. The normalized spacial score (nSPS) is 12.5. The molecule has 2 rings (SSSR count). The van der Waals surface area contributed by atoms with Gasteiger partial charge in [0.05, 0.1) is 22.7 Å². The van der Waals surface area contributed by atoms with Gasteiger partial charge in [0, 0.05) is 5.02 Å². The predicted molar refractivity (Wildman–Crippen MR) is 108 cm³/mol. The maximum absolute atomic E-state index is 12.8. The molecule has 0 spiro atoms. The molecule has 0 radical (unpaired) electrons. The number of sulfonamides is 1. The summed E-state index contributed by atoms with van der Waals surface area (Å²) >= 11 is 12.2. The van der Waals surface area contributed by atoms with Crippen LogP contribution in [-0.2, 0) is 14.8 Å². The molecule has 140 valence electrons. The molecule has 5 nitrogen and oxygen atoms in total. The van der Waals surface area contributed by atoms with Gasteiger partial charge in [0.15, 0.2) is 0 Å². The SMILES string of the molecule is CC[C@H](C(=O)Nc1ccccc1Cl)N(c1ccc(C)c(Cl)c1)S(C)(=O)=O. The van der Waals surface area contributed by atoms with E-state index in [1.54, 1.807) is 49.4 Å². The van der Waals surface area contributed by atoms with Gasteiger partial charge in [-0.05, 0) is 43.2 Å². The minimum Gasteiger partial charge on any atom is -0.323 e. The van der Waals surface area contributed by atoms with Crippen molar-refractivity contribution in [2.75, 3.05) is 15.9 Å². The monoisotopic (exact) mass is 414 g/mol. The van der Waals surface area contributed by atoms with Crippen LogP contribution in [0.3, 0.4) is 0 Å². The summed E-state index contributed by atoms with van der Waals surface area (Å²) in [5.41, 5.74) is 1.58. The number of hydrogen-bond donors (Lipinski definition) is 1. The maximum Gasteiger partial charge on any atom is 0.248 e. The van der Waals surface area contributed by atoms with E-state index in [2.05, 4.69) is 5.32 Å². The lowest BCUT2D eigenvalue weighted by Crippen LogP contribution is -2.47. The van der Waals surface area contributed by atoms with E-state index in [1.165, 1.54) is 0 Å². The van der Waals surface area contributed by atoms with Crippen LogP contribution in [0, 0.1) is 6.92 Å². The molecule has 26 heavy (non-hydrogen) atoms. The van der Waals surface area contributed by atoms with E-state index in [-0.39, 0.29) is 6.42 Å². The molecule has 1 atom stereocenters. The number of hydrogen-bond acceptors (Lipinski definition) is 3. The zero-order chi connectivity index (χ0) is 19.5. The van der Waals surface area contributed by atoms with Crippen molar-refractivity contribution in [1.29, 1.82) is 0 Å². The highest BCUT2D eigenvalue weighted by atomic mass is 35.5. The Morgan fingerprint density at radius 1 is 1.15 bits per heavy atom. The van der Waals surface area contributed by atoms with Crippen LogP contribution in [-0.4, -0.2) is 26.6 Å². The third kappa shape index (κ3) is 4.69. The van der Waals surface area contributed by atoms with Crippen LogP contribution in [0.4, 0.5) is 11.4 Å². The summed E-state index contributed by atoms with van der Waals surface area (Å²) in [6.45, 7) is 3.56. The minimum absolute atomic E-state index is 0.273. The predicted octanol–water partition coefficient (Wildman–Crippen LogP) is 4.49. The Labute approximate surface area is 164 Å². The molecule has 0 bridgehead atoms. The zero-order valence-corrected chi connectivity index (χ0v) is 17.0. The third-order valence-electron chi connectivity index (χ3n) is 3.87. The molecule has 0 saturated carbocycles. The number of nitrogens with zero attached hydrogens (tertiary/aromatic N) is 1. The number of benzene rings is 2. The number of carbonyl (C=O) groups excluding carboxylic acids is 1. The van der Waals surface area contributed by atoms with E-state index >= 15 is 0 Å². The highest BCUT2D eigenvalue weighted by Crippen LogP contribution is 2.28. The van der Waals surface area contributed by atoms with Gasteiger partial charge in [-0.15, -0.1) is 0 Å². The molecule has 0 aromatic heterocycles. The molecular weight excluding hydrogens is 395 g/mol. The smallest absolute Gasteiger partial charge is 0.248 e. The van der Waals surface area contributed by atoms with Crippen LogP contribution in [0.15, 0.2) is 42.5 Å². The number of anilines is 2. The molecule has 1 amide bonds. The lowest BCUT2D eigenvalue weighted by atomic mass is 10.1. The number of para-hydroxylation sites is 1. The van der Waals surface area contributed by atoms with Crippen molar-refractivity contribution in [3.05, 3.63) is 58.1 Å². The van der Waals surface area contributed by atoms with Crippen molar-refractivity contribution >= 4 is 50.5 Å². The lowest BCUT2D eigenvalue weighted by molar-refractivity contribution is -0.117. The van der Waals surface area contributed by atoms with Crippen LogP contribution < -0.4 is 9.62 Å². The molecule has 2 aromatic rings. The van der Waals surface area contributed by atoms with E-state index in [0.717, 1.165) is 16.1 Å². The van der Waals surface area contributed by atoms with Crippen LogP contribution in [0.5, 0.6) is 0 Å². The average molecular weight is 415 g/mol. The standard InChI is InChI=1S/C18H20Cl2N2O3S/c1-4-17(18(23)21-16-8-6-5-7-14(16)19)22(26(3,24)25)13-10-9-12(2)15(20)11-13/h5-11,17H,4H2,1-3H3,(H,21,23)/t17-/m1/s1. The maximum atomic E-state index is 12.8. The molecule has 0 aliphatic rings. The Balaban J connectivity index is 2.43. The van der Waals surface area contributed by atoms with Gasteiger partial charge in [-0.25, -0.2) is 8.42 Å². The Bertz CT molecular complexity index is 916. The number of carbonyl (C=O) groups is 1. The fraction of sp³-hybridized carbons (Fsp3) is 0.278. The fourth-order valence-corrected chi connectivity index (χ4v) is 4.12. The third-order valence-corrected chi connectivity index (χ3v) is 5.79. The molecule has 1 N–H and O–H groups in total. The average Bonchev–Trinajstić information content (AvgIpc) is 2.56. The molecule has 0 unspecified atom stereocenters. The molecule has 0 aliphatic carbocycles. The molecule has 0 heterocycles. The van der Waals surface area contributed by atoms with Crippen molar-refractivity contribution in [1.82, 2.24) is 0 Å². The molecular formula is C18H20Cl2N2O3S. The Morgan fingerprint density at radius 3 is 2.35 bits per heavy atom. The topological polar surface area (TPSA) is 66.5 Å². The van der Waals surface area contributed by atoms with Crippen LogP contribution >= 0.6 is 23.2 Å². The number of halogens is 2. The first kappa shape index (κ1) is 20.6. The second kappa shape index (κ2) is 8.29. The zero-order valence-electron chi connectivity index (χ0n) is 14.7. The molecule has 2 aromatic carbocycles. The van der Waals surface area contributed by atoms with Gasteiger partial charge in [0.2, 0.25) is 15.9 Å². The quantitative estimate of drug-likeness (QED) is 0.756. The largest absolute Gasteiger partial charge is 0.323 e. The Morgan fingerprint density at radius 2 is 1.81 bits per heavy atom. The van der Waals surface area contributed by atoms with Gasteiger partial charge < -0.3 is 5.32 Å². The van der Waals surface area contributed by atoms with Gasteiger partial charge in [-0.2, -0.15) is 0 Å². The summed E-state index contributed by atoms with van der Waals surface area (Å²) in [5, 5.41) is 3.50. The van der Waals surface area contributed by atoms with E-state index in [9.17, 15) is 13.2 Å². The van der Waals surface area contributed by atoms with Crippen LogP contribution in [0.25, 0.3) is 0 Å². The van der Waals surface area contributed by atoms with E-state index < -0.39 is 22.0 Å². The number of aryl methyl sites for hydroxylation is 1. The van der Waals surface area contributed by atoms with Gasteiger partial charge >= 0.3 is 0 Å². The van der Waals surface area contributed by atoms with Crippen molar-refractivity contribution in [2.45, 2.75) is 26.3 Å². The van der Waals surface area contributed by atoms with Crippen molar-refractivity contribution in [3.63, 3.8) is 0 Å². The summed E-state index contributed by atoms with van der Waals surface area (Å²) in [6.07, 6.45) is 1.33. The van der Waals surface area contributed by atoms with Crippen molar-refractivity contribution in [2.24, 2.45) is 0 Å². The van der Waals surface area contributed by atoms with Gasteiger partial charge in [-0.1, -0.05) is 48.3 Å². The first-order chi connectivity index (χ1) is 12.1. The Kier molecular flexibility index (Phi) is 6.55. The van der Waals surface area contributed by atoms with E-state index in [4.69, 9.17) is 23.2 Å². The molecule has 0 aliphatic heterocycles. The number of amides is 1. The van der Waals surface area contributed by atoms with Gasteiger partial charge in [0.25, 0.3) is 0 Å². The first-order valence-corrected chi connectivity index (χ1v) is 10.6. The Hall–Kier alpha value is -1.76. The number of nitrogens with one attached hydrogen (secondary N) is 1. The lowest BCUT2D eigenvalue weighted by Gasteiger charge is -2.30. The van der Waals surface area contributed by atoms with Gasteiger partial charge in [-0.3, -0.25) is 9.10 Å². The highest BCUT2D eigenvalue weighted by Gasteiger charge is 2.32. The van der Waals surface area contributed by atoms with E-state index in [1.807, 2.05) is 6.92 Å². The number of rotatable bonds is 6. The van der Waals surface area contributed by atoms with Crippen molar-refractivity contribution < 1.29 is 13.2 Å². The summed E-state index contributed by atoms with van der Waals surface area (Å²) in [6, 6.07) is 10.7.